The van der Waals surface area contributed by atoms with Gasteiger partial charge in [-0.15, -0.1) is 0 Å². The number of hydrogen-bond donors (Lipinski definition) is 1. The molecule has 20 heavy (non-hydrogen) atoms. The Morgan fingerprint density at radius 2 is 2.00 bits per heavy atom. The lowest BCUT2D eigenvalue weighted by Gasteiger charge is -2.14. The van der Waals surface area contributed by atoms with Crippen LogP contribution >= 0.6 is 0 Å². The zero-order chi connectivity index (χ0) is 14.9. The Morgan fingerprint density at radius 1 is 1.30 bits per heavy atom. The average molecular weight is 277 g/mol. The number of hydrogen-bond acceptors (Lipinski definition) is 4. The molecule has 1 N–H and O–H groups in total. The molecule has 0 aliphatic rings. The highest BCUT2D eigenvalue weighted by molar-refractivity contribution is 5.93. The number of amides is 1. The molecular formula is C14H15NO5. The second-order valence-electron chi connectivity index (χ2n) is 4.59. The number of carboxylic acids is 1. The molecule has 106 valence electrons. The van der Waals surface area contributed by atoms with Crippen LogP contribution in [0.15, 0.2) is 27.2 Å². The Labute approximate surface area is 115 Å². The topological polar surface area (TPSA) is 83.9 Å². The molecule has 0 aromatic carbocycles. The number of carboxylic acid groups (broad SMARTS) is 1. The van der Waals surface area contributed by atoms with Crippen LogP contribution in [0.5, 0.6) is 0 Å². The van der Waals surface area contributed by atoms with E-state index in [-0.39, 0.29) is 18.0 Å². The molecule has 0 atom stereocenters. The molecule has 0 unspecified atom stereocenters. The summed E-state index contributed by atoms with van der Waals surface area (Å²) in [6.07, 6.45) is 1.39. The number of carbonyl (C=O) groups is 2. The highest BCUT2D eigenvalue weighted by atomic mass is 16.4. The van der Waals surface area contributed by atoms with Crippen LogP contribution in [-0.2, 0) is 6.54 Å². The van der Waals surface area contributed by atoms with Crippen LogP contribution in [0.4, 0.5) is 0 Å². The fourth-order valence-electron chi connectivity index (χ4n) is 1.92. The van der Waals surface area contributed by atoms with Crippen LogP contribution in [0, 0.1) is 13.8 Å². The largest absolute Gasteiger partial charge is 0.478 e. The SMILES string of the molecule is Cc1cc(C(=O)N(C)Cc2cc(C(=O)O)c(C)o2)co1. The van der Waals surface area contributed by atoms with Gasteiger partial charge in [0.2, 0.25) is 0 Å². The average Bonchev–Trinajstić information content (AvgIpc) is 2.94. The summed E-state index contributed by atoms with van der Waals surface area (Å²) in [7, 11) is 1.61. The molecule has 6 nitrogen and oxygen atoms in total. The van der Waals surface area contributed by atoms with Gasteiger partial charge in [0.05, 0.1) is 12.1 Å². The summed E-state index contributed by atoms with van der Waals surface area (Å²) in [5.41, 5.74) is 0.562. The normalized spacial score (nSPS) is 10.6. The molecule has 2 aromatic heterocycles. The van der Waals surface area contributed by atoms with Gasteiger partial charge in [-0.2, -0.15) is 0 Å². The Morgan fingerprint density at radius 3 is 2.50 bits per heavy atom. The van der Waals surface area contributed by atoms with Gasteiger partial charge in [-0.05, 0) is 26.0 Å². The van der Waals surface area contributed by atoms with Gasteiger partial charge in [-0.3, -0.25) is 4.79 Å². The number of nitrogens with zero attached hydrogens (tertiary/aromatic N) is 1. The van der Waals surface area contributed by atoms with Crippen LogP contribution in [0.25, 0.3) is 0 Å². The van der Waals surface area contributed by atoms with Crippen LogP contribution in [0.1, 0.15) is 38.0 Å². The summed E-state index contributed by atoms with van der Waals surface area (Å²) in [6.45, 7) is 3.52. The van der Waals surface area contributed by atoms with Gasteiger partial charge in [-0.1, -0.05) is 0 Å². The molecule has 0 fully saturated rings. The quantitative estimate of drug-likeness (QED) is 0.928. The van der Waals surface area contributed by atoms with E-state index in [4.69, 9.17) is 13.9 Å². The van der Waals surface area contributed by atoms with E-state index in [2.05, 4.69) is 0 Å². The molecule has 0 aliphatic heterocycles. The van der Waals surface area contributed by atoms with E-state index in [0.29, 0.717) is 22.8 Å². The van der Waals surface area contributed by atoms with E-state index < -0.39 is 5.97 Å². The van der Waals surface area contributed by atoms with E-state index in [1.807, 2.05) is 0 Å². The molecule has 0 bridgehead atoms. The number of aromatic carboxylic acids is 1. The van der Waals surface area contributed by atoms with Gasteiger partial charge in [0.1, 0.15) is 29.1 Å². The molecule has 0 saturated heterocycles. The number of furan rings is 2. The van der Waals surface area contributed by atoms with Crippen LogP contribution < -0.4 is 0 Å². The first-order valence-corrected chi connectivity index (χ1v) is 6.01. The molecule has 0 radical (unpaired) electrons. The van der Waals surface area contributed by atoms with Crippen molar-refractivity contribution in [1.29, 1.82) is 0 Å². The van der Waals surface area contributed by atoms with Gasteiger partial charge in [0.25, 0.3) is 5.91 Å². The minimum atomic E-state index is -1.04. The summed E-state index contributed by atoms with van der Waals surface area (Å²) in [5.74, 6) is 0.150. The molecule has 0 saturated carbocycles. The zero-order valence-corrected chi connectivity index (χ0v) is 11.5. The van der Waals surface area contributed by atoms with E-state index in [9.17, 15) is 9.59 Å². The fourth-order valence-corrected chi connectivity index (χ4v) is 1.92. The third-order valence-electron chi connectivity index (χ3n) is 2.92. The maximum atomic E-state index is 12.1. The second-order valence-corrected chi connectivity index (χ2v) is 4.59. The molecule has 0 spiro atoms. The first kappa shape index (κ1) is 13.9. The molecule has 6 heteroatoms. The first-order chi connectivity index (χ1) is 9.38. The molecule has 1 amide bonds. The predicted molar refractivity (Wildman–Crippen MR) is 69.6 cm³/mol. The minimum Gasteiger partial charge on any atom is -0.478 e. The third-order valence-corrected chi connectivity index (χ3v) is 2.92. The van der Waals surface area contributed by atoms with Crippen molar-refractivity contribution in [2.24, 2.45) is 0 Å². The van der Waals surface area contributed by atoms with Crippen molar-refractivity contribution >= 4 is 11.9 Å². The van der Waals surface area contributed by atoms with Crippen molar-refractivity contribution in [3.8, 4) is 0 Å². The Balaban J connectivity index is 2.11. The zero-order valence-electron chi connectivity index (χ0n) is 11.5. The van der Waals surface area contributed by atoms with Crippen LogP contribution in [-0.4, -0.2) is 28.9 Å². The standard InChI is InChI=1S/C14H15NO5/c1-8-4-10(7-19-8)13(16)15(3)6-11-5-12(14(17)18)9(2)20-11/h4-5,7H,6H2,1-3H3,(H,17,18). The number of rotatable bonds is 4. The van der Waals surface area contributed by atoms with Gasteiger partial charge in [0, 0.05) is 7.05 Å². The summed E-state index contributed by atoms with van der Waals surface area (Å²) in [4.78, 5) is 24.5. The summed E-state index contributed by atoms with van der Waals surface area (Å²) >= 11 is 0. The smallest absolute Gasteiger partial charge is 0.339 e. The van der Waals surface area contributed by atoms with Crippen molar-refractivity contribution in [3.05, 3.63) is 46.8 Å². The van der Waals surface area contributed by atoms with Gasteiger partial charge < -0.3 is 18.8 Å². The van der Waals surface area contributed by atoms with Crippen molar-refractivity contribution in [2.45, 2.75) is 20.4 Å². The summed E-state index contributed by atoms with van der Waals surface area (Å²) in [6, 6.07) is 3.08. The molecule has 2 aromatic rings. The maximum absolute atomic E-state index is 12.1. The fraction of sp³-hybridized carbons (Fsp3) is 0.286. The van der Waals surface area contributed by atoms with Gasteiger partial charge in [0.15, 0.2) is 0 Å². The predicted octanol–water partition coefficient (Wildman–Crippen LogP) is 2.46. The van der Waals surface area contributed by atoms with Crippen molar-refractivity contribution in [3.63, 3.8) is 0 Å². The molecular weight excluding hydrogens is 262 g/mol. The number of carbonyl (C=O) groups excluding carboxylic acids is 1. The summed E-state index contributed by atoms with van der Waals surface area (Å²) in [5, 5.41) is 8.95. The van der Waals surface area contributed by atoms with Gasteiger partial charge >= 0.3 is 5.97 Å². The van der Waals surface area contributed by atoms with E-state index in [1.165, 1.54) is 17.2 Å². The monoisotopic (exact) mass is 277 g/mol. The molecule has 2 heterocycles. The summed E-state index contributed by atoms with van der Waals surface area (Å²) < 4.78 is 10.4. The van der Waals surface area contributed by atoms with Crippen molar-refractivity contribution in [1.82, 2.24) is 4.90 Å². The Hall–Kier alpha value is -2.50. The van der Waals surface area contributed by atoms with Crippen molar-refractivity contribution < 1.29 is 23.5 Å². The van der Waals surface area contributed by atoms with Gasteiger partial charge in [-0.25, -0.2) is 4.79 Å². The second kappa shape index (κ2) is 5.24. The van der Waals surface area contributed by atoms with E-state index >= 15 is 0 Å². The third kappa shape index (κ3) is 2.74. The lowest BCUT2D eigenvalue weighted by molar-refractivity contribution is 0.0694. The molecule has 2 rings (SSSR count). The highest BCUT2D eigenvalue weighted by Crippen LogP contribution is 2.17. The lowest BCUT2D eigenvalue weighted by Crippen LogP contribution is -2.25. The Bertz CT molecular complexity index is 652. The van der Waals surface area contributed by atoms with E-state index in [1.54, 1.807) is 27.0 Å². The number of aryl methyl sites for hydroxylation is 2. The lowest BCUT2D eigenvalue weighted by atomic mass is 10.2. The Kier molecular flexibility index (Phi) is 3.65. The highest BCUT2D eigenvalue weighted by Gasteiger charge is 2.18. The van der Waals surface area contributed by atoms with E-state index in [0.717, 1.165) is 0 Å². The minimum absolute atomic E-state index is 0.111. The van der Waals surface area contributed by atoms with Crippen LogP contribution in [0.2, 0.25) is 0 Å². The maximum Gasteiger partial charge on any atom is 0.339 e. The first-order valence-electron chi connectivity index (χ1n) is 6.01. The molecule has 0 aliphatic carbocycles. The van der Waals surface area contributed by atoms with Crippen LogP contribution in [0.3, 0.4) is 0 Å². The van der Waals surface area contributed by atoms with Crippen molar-refractivity contribution in [2.75, 3.05) is 7.05 Å².